The molecule has 0 atom stereocenters. The number of amides is 1. The summed E-state index contributed by atoms with van der Waals surface area (Å²) >= 11 is 0. The van der Waals surface area contributed by atoms with E-state index in [2.05, 4.69) is 33.4 Å². The van der Waals surface area contributed by atoms with Crippen LogP contribution in [0.3, 0.4) is 0 Å². The fourth-order valence-electron chi connectivity index (χ4n) is 5.05. The van der Waals surface area contributed by atoms with Crippen LogP contribution in [-0.4, -0.2) is 58.6 Å². The zero-order valence-corrected chi connectivity index (χ0v) is 22.5. The highest BCUT2D eigenvalue weighted by Gasteiger charge is 2.23. The first kappa shape index (κ1) is 24.4. The van der Waals surface area contributed by atoms with Crippen molar-refractivity contribution in [1.29, 1.82) is 0 Å². The Morgan fingerprint density at radius 2 is 1.77 bits per heavy atom. The van der Waals surface area contributed by atoms with E-state index in [9.17, 15) is 9.59 Å². The van der Waals surface area contributed by atoms with Crippen molar-refractivity contribution in [3.05, 3.63) is 89.0 Å². The summed E-state index contributed by atoms with van der Waals surface area (Å²) in [5, 5.41) is 9.77. The van der Waals surface area contributed by atoms with Crippen LogP contribution in [0, 0.1) is 13.8 Å². The Hall–Kier alpha value is -4.99. The molecular weight excluding hydrogens is 492 g/mol. The summed E-state index contributed by atoms with van der Waals surface area (Å²) in [5.41, 5.74) is 7.17. The monoisotopic (exact) mass is 520 g/mol. The molecule has 0 unspecified atom stereocenters. The maximum atomic E-state index is 13.7. The van der Waals surface area contributed by atoms with Gasteiger partial charge in [0.2, 0.25) is 5.91 Å². The van der Waals surface area contributed by atoms with Crippen LogP contribution in [0.5, 0.6) is 0 Å². The maximum Gasteiger partial charge on any atom is 0.333 e. The number of hydrogen-bond acceptors (Lipinski definition) is 5. The van der Waals surface area contributed by atoms with Crippen molar-refractivity contribution in [2.75, 3.05) is 14.1 Å². The summed E-state index contributed by atoms with van der Waals surface area (Å²) in [4.78, 5) is 32.3. The van der Waals surface area contributed by atoms with Crippen molar-refractivity contribution in [2.45, 2.75) is 20.4 Å². The zero-order valence-electron chi connectivity index (χ0n) is 22.5. The van der Waals surface area contributed by atoms with Crippen molar-refractivity contribution in [2.24, 2.45) is 7.05 Å². The van der Waals surface area contributed by atoms with Gasteiger partial charge in [-0.1, -0.05) is 18.2 Å². The van der Waals surface area contributed by atoms with Crippen molar-refractivity contribution in [3.8, 4) is 22.5 Å². The lowest BCUT2D eigenvalue weighted by molar-refractivity contribution is -0.129. The van der Waals surface area contributed by atoms with Crippen LogP contribution in [0.15, 0.2) is 71.9 Å². The number of imidazole rings is 1. The average molecular weight is 521 g/mol. The third-order valence-corrected chi connectivity index (χ3v) is 7.20. The molecule has 10 nitrogen and oxygen atoms in total. The predicted molar refractivity (Wildman–Crippen MR) is 150 cm³/mol. The standard InChI is InChI=1S/C29H28N8O2/c1-18-27(19(2)36(32-18)17-26(38)33(3)4)37-28-23-15-21(9-12-24(23)30-16-25(28)34(5)29(37)39)20-7-10-22(11-8-20)35-14-6-13-31-35/h6-16H,17H2,1-5H3. The van der Waals surface area contributed by atoms with E-state index >= 15 is 0 Å². The van der Waals surface area contributed by atoms with E-state index in [0.29, 0.717) is 11.4 Å². The first-order valence-corrected chi connectivity index (χ1v) is 12.6. The van der Waals surface area contributed by atoms with Gasteiger partial charge in [0.15, 0.2) is 0 Å². The fourth-order valence-corrected chi connectivity index (χ4v) is 5.05. The molecule has 0 bridgehead atoms. The Labute approximate surface area is 224 Å². The molecule has 39 heavy (non-hydrogen) atoms. The van der Waals surface area contributed by atoms with Crippen molar-refractivity contribution >= 4 is 27.8 Å². The summed E-state index contributed by atoms with van der Waals surface area (Å²) in [6.45, 7) is 3.85. The Morgan fingerprint density at radius 3 is 2.46 bits per heavy atom. The number of aromatic nitrogens is 7. The summed E-state index contributed by atoms with van der Waals surface area (Å²) in [6.07, 6.45) is 5.39. The number of carbonyl (C=O) groups excluding carboxylic acids is 1. The minimum absolute atomic E-state index is 0.0738. The van der Waals surface area contributed by atoms with Crippen LogP contribution in [0.4, 0.5) is 0 Å². The Balaban J connectivity index is 1.54. The number of benzene rings is 2. The molecule has 2 aromatic carbocycles. The van der Waals surface area contributed by atoms with Crippen molar-refractivity contribution in [1.82, 2.24) is 38.6 Å². The SMILES string of the molecule is Cc1nn(CC(=O)N(C)C)c(C)c1-n1c(=O)n(C)c2cnc3ccc(-c4ccc(-n5cccn5)cc4)cc3c21. The van der Waals surface area contributed by atoms with Gasteiger partial charge in [-0.05, 0) is 55.3 Å². The molecule has 196 valence electrons. The van der Waals surface area contributed by atoms with Gasteiger partial charge >= 0.3 is 5.69 Å². The van der Waals surface area contributed by atoms with Crippen LogP contribution >= 0.6 is 0 Å². The van der Waals surface area contributed by atoms with Gasteiger partial charge < -0.3 is 4.90 Å². The first-order chi connectivity index (χ1) is 18.7. The van der Waals surface area contributed by atoms with E-state index in [1.165, 1.54) is 4.90 Å². The molecule has 0 saturated carbocycles. The summed E-state index contributed by atoms with van der Waals surface area (Å²) < 4.78 is 6.79. The van der Waals surface area contributed by atoms with Crippen molar-refractivity contribution < 1.29 is 4.79 Å². The number of fused-ring (bicyclic) bond motifs is 3. The largest absolute Gasteiger partial charge is 0.347 e. The predicted octanol–water partition coefficient (Wildman–Crippen LogP) is 3.63. The molecule has 4 aromatic heterocycles. The first-order valence-electron chi connectivity index (χ1n) is 12.6. The highest BCUT2D eigenvalue weighted by molar-refractivity contribution is 6.04. The van der Waals surface area contributed by atoms with E-state index in [-0.39, 0.29) is 18.1 Å². The van der Waals surface area contributed by atoms with Crippen molar-refractivity contribution in [3.63, 3.8) is 0 Å². The highest BCUT2D eigenvalue weighted by Crippen LogP contribution is 2.31. The molecule has 1 amide bonds. The zero-order chi connectivity index (χ0) is 27.4. The minimum atomic E-state index is -0.196. The molecule has 4 heterocycles. The van der Waals surface area contributed by atoms with E-state index < -0.39 is 0 Å². The summed E-state index contributed by atoms with van der Waals surface area (Å²) in [5.74, 6) is -0.0738. The number of hydrogen-bond donors (Lipinski definition) is 0. The molecule has 0 radical (unpaired) electrons. The quantitative estimate of drug-likeness (QED) is 0.346. The third-order valence-electron chi connectivity index (χ3n) is 7.20. The van der Waals surface area contributed by atoms with Gasteiger partial charge in [0.25, 0.3) is 0 Å². The summed E-state index contributed by atoms with van der Waals surface area (Å²) in [6, 6.07) is 16.2. The smallest absolute Gasteiger partial charge is 0.333 e. The third kappa shape index (κ3) is 3.92. The van der Waals surface area contributed by atoms with Crippen LogP contribution < -0.4 is 5.69 Å². The normalized spacial score (nSPS) is 11.5. The second-order valence-corrected chi connectivity index (χ2v) is 9.86. The molecule has 6 aromatic rings. The average Bonchev–Trinajstić information content (AvgIpc) is 3.63. The number of carbonyl (C=O) groups is 1. The molecule has 0 aliphatic heterocycles. The lowest BCUT2D eigenvalue weighted by atomic mass is 10.0. The van der Waals surface area contributed by atoms with Gasteiger partial charge in [-0.2, -0.15) is 10.2 Å². The van der Waals surface area contributed by atoms with Gasteiger partial charge in [0.1, 0.15) is 6.54 Å². The Bertz CT molecular complexity index is 1920. The molecular formula is C29H28N8O2. The molecule has 0 fully saturated rings. The van der Waals surface area contributed by atoms with Gasteiger partial charge in [0, 0.05) is 38.9 Å². The van der Waals surface area contributed by atoms with Crippen LogP contribution in [0.25, 0.3) is 44.4 Å². The molecule has 10 heteroatoms. The van der Waals surface area contributed by atoms with E-state index in [1.807, 2.05) is 55.1 Å². The Kier molecular flexibility index (Phi) is 5.67. The molecule has 0 saturated heterocycles. The van der Waals surface area contributed by atoms with Gasteiger partial charge in [0.05, 0.1) is 45.5 Å². The van der Waals surface area contributed by atoms with E-state index in [1.54, 1.807) is 47.4 Å². The number of aryl methyl sites for hydroxylation is 2. The van der Waals surface area contributed by atoms with Gasteiger partial charge in [-0.3, -0.25) is 23.6 Å². The molecule has 0 aliphatic carbocycles. The lowest BCUT2D eigenvalue weighted by Crippen LogP contribution is -2.27. The number of rotatable bonds is 5. The lowest BCUT2D eigenvalue weighted by Gasteiger charge is -2.12. The molecule has 6 rings (SSSR count). The molecule has 0 aliphatic rings. The topological polar surface area (TPSA) is 95.8 Å². The van der Waals surface area contributed by atoms with E-state index in [4.69, 9.17) is 0 Å². The fraction of sp³-hybridized carbons (Fsp3) is 0.207. The number of nitrogens with zero attached hydrogens (tertiary/aromatic N) is 8. The molecule has 0 N–H and O–H groups in total. The van der Waals surface area contributed by atoms with Gasteiger partial charge in [-0.15, -0.1) is 0 Å². The molecule has 0 spiro atoms. The maximum absolute atomic E-state index is 13.7. The van der Waals surface area contributed by atoms with E-state index in [0.717, 1.165) is 44.4 Å². The second kappa shape index (κ2) is 9.09. The van der Waals surface area contributed by atoms with Crippen LogP contribution in [0.2, 0.25) is 0 Å². The number of likely N-dealkylation sites (N-methyl/N-ethyl adjacent to an activating group) is 1. The second-order valence-electron chi connectivity index (χ2n) is 9.86. The number of pyridine rings is 1. The highest BCUT2D eigenvalue weighted by atomic mass is 16.2. The van der Waals surface area contributed by atoms with Crippen LogP contribution in [0.1, 0.15) is 11.4 Å². The van der Waals surface area contributed by atoms with Gasteiger partial charge in [-0.25, -0.2) is 9.48 Å². The summed E-state index contributed by atoms with van der Waals surface area (Å²) in [7, 11) is 5.18. The minimum Gasteiger partial charge on any atom is -0.347 e. The Morgan fingerprint density at radius 1 is 1.03 bits per heavy atom. The van der Waals surface area contributed by atoms with Crippen LogP contribution in [-0.2, 0) is 18.4 Å².